The maximum atomic E-state index is 14.1. The van der Waals surface area contributed by atoms with Crippen LogP contribution in [0.15, 0.2) is 54.7 Å². The number of anilines is 1. The van der Waals surface area contributed by atoms with Crippen LogP contribution in [0.2, 0.25) is 0 Å². The topological polar surface area (TPSA) is 92.8 Å². The van der Waals surface area contributed by atoms with E-state index in [0.717, 1.165) is 5.56 Å². The minimum Gasteiger partial charge on any atom is -0.497 e. The molecule has 0 spiro atoms. The molecule has 0 aliphatic rings. The number of aromatic amines is 1. The minimum atomic E-state index is -0.845. The van der Waals surface area contributed by atoms with Gasteiger partial charge >= 0.3 is 0 Å². The third kappa shape index (κ3) is 5.13. The van der Waals surface area contributed by atoms with Crippen LogP contribution in [-0.2, 0) is 0 Å². The van der Waals surface area contributed by atoms with Crippen LogP contribution in [-0.4, -0.2) is 43.3 Å². The van der Waals surface area contributed by atoms with E-state index in [4.69, 9.17) is 19.3 Å². The van der Waals surface area contributed by atoms with E-state index in [1.807, 2.05) is 25.1 Å². The fourth-order valence-electron chi connectivity index (χ4n) is 4.14. The Morgan fingerprint density at radius 2 is 1.83 bits per heavy atom. The molecule has 0 radical (unpaired) electrons. The van der Waals surface area contributed by atoms with E-state index in [1.54, 1.807) is 44.5 Å². The first-order chi connectivity index (χ1) is 17.3. The second-order valence-corrected chi connectivity index (χ2v) is 8.51. The zero-order valence-electron chi connectivity index (χ0n) is 20.6. The predicted molar refractivity (Wildman–Crippen MR) is 137 cm³/mol. The number of aryl methyl sites for hydroxylation is 2. The van der Waals surface area contributed by atoms with Gasteiger partial charge in [-0.25, -0.2) is 4.39 Å². The van der Waals surface area contributed by atoms with Gasteiger partial charge in [-0.2, -0.15) is 0 Å². The molecule has 0 saturated heterocycles. The van der Waals surface area contributed by atoms with Gasteiger partial charge in [0.2, 0.25) is 0 Å². The van der Waals surface area contributed by atoms with Crippen LogP contribution in [0.4, 0.5) is 10.1 Å². The molecule has 1 heterocycles. The van der Waals surface area contributed by atoms with Gasteiger partial charge in [0.25, 0.3) is 0 Å². The van der Waals surface area contributed by atoms with E-state index in [1.165, 1.54) is 13.2 Å². The lowest BCUT2D eigenvalue weighted by Crippen LogP contribution is -2.22. The average molecular weight is 493 g/mol. The van der Waals surface area contributed by atoms with Crippen molar-refractivity contribution in [1.29, 1.82) is 0 Å². The molecule has 4 aromatic rings. The maximum Gasteiger partial charge on any atom is 0.191 e. The van der Waals surface area contributed by atoms with Gasteiger partial charge < -0.3 is 29.6 Å². The molecule has 1 atom stereocenters. The summed E-state index contributed by atoms with van der Waals surface area (Å²) in [7, 11) is 3.10. The first-order valence-corrected chi connectivity index (χ1v) is 11.5. The highest BCUT2D eigenvalue weighted by atomic mass is 19.1. The molecule has 188 valence electrons. The Morgan fingerprint density at radius 1 is 1.06 bits per heavy atom. The fraction of sp³-hybridized carbons (Fsp3) is 0.250. The average Bonchev–Trinajstić information content (AvgIpc) is 3.28. The number of carbonyl (C=O) groups is 1. The van der Waals surface area contributed by atoms with Crippen LogP contribution < -0.4 is 19.5 Å². The third-order valence-electron chi connectivity index (χ3n) is 5.98. The predicted octanol–water partition coefficient (Wildman–Crippen LogP) is 5.35. The lowest BCUT2D eigenvalue weighted by molar-refractivity contribution is 0.0970. The minimum absolute atomic E-state index is 0.117. The molecule has 3 N–H and O–H groups in total. The van der Waals surface area contributed by atoms with Gasteiger partial charge in [0.1, 0.15) is 35.7 Å². The summed E-state index contributed by atoms with van der Waals surface area (Å²) in [6, 6.07) is 13.0. The summed E-state index contributed by atoms with van der Waals surface area (Å²) in [4.78, 5) is 17.1. The number of aromatic nitrogens is 1. The highest BCUT2D eigenvalue weighted by molar-refractivity contribution is 6.11. The highest BCUT2D eigenvalue weighted by Crippen LogP contribution is 2.35. The number of ether oxygens (including phenoxy) is 3. The summed E-state index contributed by atoms with van der Waals surface area (Å²) >= 11 is 0. The lowest BCUT2D eigenvalue weighted by Gasteiger charge is -2.22. The van der Waals surface area contributed by atoms with E-state index in [0.29, 0.717) is 50.5 Å². The van der Waals surface area contributed by atoms with Crippen LogP contribution in [0.5, 0.6) is 17.2 Å². The van der Waals surface area contributed by atoms with Crippen LogP contribution in [0, 0.1) is 19.7 Å². The second kappa shape index (κ2) is 10.7. The van der Waals surface area contributed by atoms with Crippen LogP contribution in [0.25, 0.3) is 10.9 Å². The SMILES string of the molecule is COc1cc(NC(C(=O)c2c[nH]c3cc(F)c(C)cc23)c2ccc(C)cc2OC)cc(OCCO)c1. The molecule has 1 aromatic heterocycles. The van der Waals surface area contributed by atoms with Crippen molar-refractivity contribution in [3.8, 4) is 17.2 Å². The largest absolute Gasteiger partial charge is 0.497 e. The molecule has 1 unspecified atom stereocenters. The van der Waals surface area contributed by atoms with Crippen molar-refractivity contribution in [2.45, 2.75) is 19.9 Å². The van der Waals surface area contributed by atoms with Gasteiger partial charge in [0, 0.05) is 52.1 Å². The molecule has 7 nitrogen and oxygen atoms in total. The molecule has 0 amide bonds. The van der Waals surface area contributed by atoms with Gasteiger partial charge in [0.15, 0.2) is 5.78 Å². The van der Waals surface area contributed by atoms with Crippen molar-refractivity contribution in [3.05, 3.63) is 82.8 Å². The number of aliphatic hydroxyl groups is 1. The number of rotatable bonds is 10. The number of H-pyrrole nitrogens is 1. The fourth-order valence-corrected chi connectivity index (χ4v) is 4.14. The first-order valence-electron chi connectivity index (χ1n) is 11.5. The first kappa shape index (κ1) is 25.1. The van der Waals surface area contributed by atoms with Crippen molar-refractivity contribution in [2.75, 3.05) is 32.8 Å². The molecule has 36 heavy (non-hydrogen) atoms. The lowest BCUT2D eigenvalue weighted by atomic mass is 9.94. The second-order valence-electron chi connectivity index (χ2n) is 8.51. The van der Waals surface area contributed by atoms with Crippen molar-refractivity contribution in [1.82, 2.24) is 4.98 Å². The van der Waals surface area contributed by atoms with Crippen molar-refractivity contribution >= 4 is 22.4 Å². The van der Waals surface area contributed by atoms with Crippen LogP contribution >= 0.6 is 0 Å². The quantitative estimate of drug-likeness (QED) is 0.259. The molecule has 8 heteroatoms. The van der Waals surface area contributed by atoms with E-state index < -0.39 is 6.04 Å². The third-order valence-corrected chi connectivity index (χ3v) is 5.98. The summed E-state index contributed by atoms with van der Waals surface area (Å²) in [5, 5.41) is 13.1. The number of Topliss-reactive ketones (excluding diaryl/α,β-unsaturated/α-hetero) is 1. The molecule has 0 aliphatic heterocycles. The van der Waals surface area contributed by atoms with Crippen molar-refractivity contribution < 1.29 is 28.5 Å². The molecule has 0 bridgehead atoms. The Balaban J connectivity index is 1.82. The maximum absolute atomic E-state index is 14.1. The monoisotopic (exact) mass is 492 g/mol. The number of aliphatic hydroxyl groups excluding tert-OH is 1. The molecule has 3 aromatic carbocycles. The Morgan fingerprint density at radius 3 is 2.56 bits per heavy atom. The summed E-state index contributed by atoms with van der Waals surface area (Å²) in [5.41, 5.74) is 3.62. The van der Waals surface area contributed by atoms with E-state index in [-0.39, 0.29) is 24.8 Å². The molecular weight excluding hydrogens is 463 g/mol. The number of benzene rings is 3. The Labute approximate surface area is 208 Å². The number of hydrogen-bond donors (Lipinski definition) is 3. The standard InChI is InChI=1S/C28H29FN2O5/c1-16-5-6-21(26(9-16)35-4)27(31-18-11-19(34-3)13-20(12-18)36-8-7-32)28(33)23-15-30-25-14-24(29)17(2)10-22(23)25/h5-6,9-15,27,30-32H,7-8H2,1-4H3. The smallest absolute Gasteiger partial charge is 0.191 e. The Hall–Kier alpha value is -4.04. The van der Waals surface area contributed by atoms with E-state index >= 15 is 0 Å². The van der Waals surface area contributed by atoms with Crippen LogP contribution in [0.3, 0.4) is 0 Å². The van der Waals surface area contributed by atoms with E-state index in [2.05, 4.69) is 10.3 Å². The Kier molecular flexibility index (Phi) is 7.45. The normalized spacial score (nSPS) is 11.8. The zero-order valence-corrected chi connectivity index (χ0v) is 20.6. The van der Waals surface area contributed by atoms with Crippen molar-refractivity contribution in [3.63, 3.8) is 0 Å². The summed E-state index contributed by atoms with van der Waals surface area (Å²) < 4.78 is 30.7. The number of hydrogen-bond acceptors (Lipinski definition) is 6. The number of ketones is 1. The van der Waals surface area contributed by atoms with Gasteiger partial charge in [-0.15, -0.1) is 0 Å². The van der Waals surface area contributed by atoms with Crippen LogP contribution in [0.1, 0.15) is 33.1 Å². The molecule has 0 fully saturated rings. The van der Waals surface area contributed by atoms with Gasteiger partial charge in [-0.05, 0) is 43.2 Å². The molecular formula is C28H29FN2O5. The summed E-state index contributed by atoms with van der Waals surface area (Å²) in [5.74, 6) is 0.988. The van der Waals surface area contributed by atoms with E-state index in [9.17, 15) is 9.18 Å². The zero-order chi connectivity index (χ0) is 25.8. The summed E-state index contributed by atoms with van der Waals surface area (Å²) in [6.07, 6.45) is 1.60. The highest BCUT2D eigenvalue weighted by Gasteiger charge is 2.28. The number of carbonyl (C=O) groups excluding carboxylic acids is 1. The number of nitrogens with one attached hydrogen (secondary N) is 2. The Bertz CT molecular complexity index is 1400. The molecule has 0 saturated carbocycles. The van der Waals surface area contributed by atoms with Gasteiger partial charge in [-0.3, -0.25) is 4.79 Å². The molecule has 4 rings (SSSR count). The molecule has 0 aliphatic carbocycles. The number of methoxy groups -OCH3 is 2. The van der Waals surface area contributed by atoms with Gasteiger partial charge in [0.05, 0.1) is 20.8 Å². The van der Waals surface area contributed by atoms with Gasteiger partial charge in [-0.1, -0.05) is 12.1 Å². The number of fused-ring (bicyclic) bond motifs is 1. The number of halogens is 1. The van der Waals surface area contributed by atoms with Crippen molar-refractivity contribution in [2.24, 2.45) is 0 Å². The summed E-state index contributed by atoms with van der Waals surface area (Å²) in [6.45, 7) is 3.59.